The maximum absolute atomic E-state index is 11.7. The van der Waals surface area contributed by atoms with Crippen molar-refractivity contribution < 1.29 is 17.9 Å². The van der Waals surface area contributed by atoms with Gasteiger partial charge in [0, 0.05) is 38.5 Å². The summed E-state index contributed by atoms with van der Waals surface area (Å²) >= 11 is 0. The van der Waals surface area contributed by atoms with Crippen molar-refractivity contribution >= 4 is 39.8 Å². The molecule has 1 heterocycles. The van der Waals surface area contributed by atoms with Gasteiger partial charge in [-0.15, -0.1) is 24.0 Å². The molecule has 1 fully saturated rings. The second kappa shape index (κ2) is 12.3. The van der Waals surface area contributed by atoms with E-state index >= 15 is 0 Å². The number of guanidine groups is 1. The summed E-state index contributed by atoms with van der Waals surface area (Å²) < 4.78 is 33.6. The quantitative estimate of drug-likeness (QED) is 0.208. The lowest BCUT2D eigenvalue weighted by molar-refractivity contribution is 0.0888. The molecule has 9 heteroatoms. The zero-order valence-corrected chi connectivity index (χ0v) is 19.0. The lowest BCUT2D eigenvalue weighted by atomic mass is 10.1. The van der Waals surface area contributed by atoms with Crippen LogP contribution in [0, 0.1) is 5.92 Å². The van der Waals surface area contributed by atoms with Gasteiger partial charge in [0.1, 0.15) is 0 Å². The van der Waals surface area contributed by atoms with Crippen LogP contribution < -0.4 is 10.6 Å². The Balaban J connectivity index is 0.00000576. The summed E-state index contributed by atoms with van der Waals surface area (Å²) in [5.41, 5.74) is 0. The Morgan fingerprint density at radius 3 is 2.64 bits per heavy atom. The average Bonchev–Trinajstić information content (AvgIpc) is 3.00. The molecule has 2 N–H and O–H groups in total. The second-order valence-electron chi connectivity index (χ2n) is 6.81. The third-order valence-corrected chi connectivity index (χ3v) is 6.24. The van der Waals surface area contributed by atoms with E-state index in [9.17, 15) is 8.42 Å². The molecule has 150 valence electrons. The fourth-order valence-electron chi connectivity index (χ4n) is 2.07. The van der Waals surface area contributed by atoms with Crippen LogP contribution in [0.25, 0.3) is 0 Å². The highest BCUT2D eigenvalue weighted by molar-refractivity contribution is 14.0. The Morgan fingerprint density at radius 2 is 2.08 bits per heavy atom. The molecule has 1 atom stereocenters. The number of halogens is 1. The number of sulfone groups is 1. The van der Waals surface area contributed by atoms with Crippen LogP contribution >= 0.6 is 24.0 Å². The summed E-state index contributed by atoms with van der Waals surface area (Å²) in [5.74, 6) is 1.17. The third kappa shape index (κ3) is 9.95. The van der Waals surface area contributed by atoms with Gasteiger partial charge in [-0.05, 0) is 33.6 Å². The molecule has 0 aromatic carbocycles. The van der Waals surface area contributed by atoms with Crippen LogP contribution in [-0.2, 0) is 19.3 Å². The van der Waals surface area contributed by atoms with Gasteiger partial charge in [-0.2, -0.15) is 0 Å². The molecule has 0 aromatic rings. The van der Waals surface area contributed by atoms with Crippen molar-refractivity contribution in [2.24, 2.45) is 10.9 Å². The van der Waals surface area contributed by atoms with Crippen molar-refractivity contribution in [2.75, 3.05) is 52.3 Å². The molecule has 0 spiro atoms. The van der Waals surface area contributed by atoms with Crippen molar-refractivity contribution in [3.05, 3.63) is 0 Å². The van der Waals surface area contributed by atoms with Gasteiger partial charge in [0.05, 0.1) is 24.5 Å². The van der Waals surface area contributed by atoms with Crippen molar-refractivity contribution in [1.82, 2.24) is 10.6 Å². The molecule has 1 rings (SSSR count). The number of hydrogen-bond acceptors (Lipinski definition) is 5. The summed E-state index contributed by atoms with van der Waals surface area (Å²) in [6.07, 6.45) is 3.20. The summed E-state index contributed by atoms with van der Waals surface area (Å²) in [7, 11) is -3.15. The Kier molecular flexibility index (Phi) is 12.2. The monoisotopic (exact) mass is 491 g/mol. The van der Waals surface area contributed by atoms with Gasteiger partial charge in [0.25, 0.3) is 0 Å². The molecule has 25 heavy (non-hydrogen) atoms. The third-order valence-electron chi connectivity index (χ3n) is 4.10. The summed E-state index contributed by atoms with van der Waals surface area (Å²) in [5, 5.41) is 6.34. The van der Waals surface area contributed by atoms with Crippen LogP contribution in [0.2, 0.25) is 0 Å². The summed E-state index contributed by atoms with van der Waals surface area (Å²) in [6, 6.07) is 0. The van der Waals surface area contributed by atoms with Gasteiger partial charge < -0.3 is 20.1 Å². The predicted molar refractivity (Wildman–Crippen MR) is 113 cm³/mol. The van der Waals surface area contributed by atoms with Crippen molar-refractivity contribution in [3.8, 4) is 0 Å². The molecule has 1 saturated heterocycles. The Labute approximate surface area is 169 Å². The largest absolute Gasteiger partial charge is 0.381 e. The van der Waals surface area contributed by atoms with Crippen LogP contribution in [0.15, 0.2) is 4.99 Å². The normalized spacial score (nSPS) is 18.7. The first-order chi connectivity index (χ1) is 11.3. The van der Waals surface area contributed by atoms with E-state index in [0.29, 0.717) is 18.5 Å². The topological polar surface area (TPSA) is 89.0 Å². The number of rotatable bonds is 10. The van der Waals surface area contributed by atoms with Gasteiger partial charge >= 0.3 is 0 Å². The highest BCUT2D eigenvalue weighted by Gasteiger charge is 2.29. The zero-order chi connectivity index (χ0) is 18.1. The molecule has 0 aliphatic carbocycles. The SMILES string of the molecule is CCNC(=NCC(C)(C)S(C)(=O)=O)NCCCOCC1CCOC1.I. The van der Waals surface area contributed by atoms with E-state index in [4.69, 9.17) is 9.47 Å². The molecule has 1 aliphatic heterocycles. The van der Waals surface area contributed by atoms with E-state index in [1.165, 1.54) is 6.26 Å². The molecule has 1 unspecified atom stereocenters. The minimum atomic E-state index is -3.15. The van der Waals surface area contributed by atoms with E-state index in [2.05, 4.69) is 15.6 Å². The Bertz CT molecular complexity index is 492. The lowest BCUT2D eigenvalue weighted by Gasteiger charge is -2.21. The highest BCUT2D eigenvalue weighted by atomic mass is 127. The maximum atomic E-state index is 11.7. The minimum Gasteiger partial charge on any atom is -0.381 e. The first-order valence-corrected chi connectivity index (χ1v) is 10.5. The molecule has 1 aliphatic rings. The predicted octanol–water partition coefficient (Wildman–Crippen LogP) is 1.43. The lowest BCUT2D eigenvalue weighted by Crippen LogP contribution is -2.41. The van der Waals surface area contributed by atoms with Crippen molar-refractivity contribution in [2.45, 2.75) is 38.4 Å². The van der Waals surface area contributed by atoms with Crippen molar-refractivity contribution in [3.63, 3.8) is 0 Å². The van der Waals surface area contributed by atoms with Gasteiger partial charge in [-0.1, -0.05) is 0 Å². The van der Waals surface area contributed by atoms with Crippen LogP contribution in [0.3, 0.4) is 0 Å². The van der Waals surface area contributed by atoms with Gasteiger partial charge in [-0.25, -0.2) is 8.42 Å². The Morgan fingerprint density at radius 1 is 1.36 bits per heavy atom. The van der Waals surface area contributed by atoms with Crippen LogP contribution in [0.1, 0.15) is 33.6 Å². The van der Waals surface area contributed by atoms with E-state index in [1.807, 2.05) is 6.92 Å². The van der Waals surface area contributed by atoms with Crippen LogP contribution in [-0.4, -0.2) is 71.4 Å². The van der Waals surface area contributed by atoms with Gasteiger partial charge in [0.15, 0.2) is 15.8 Å². The Hall–Kier alpha value is -0.130. The first kappa shape index (κ1) is 24.9. The van der Waals surface area contributed by atoms with Gasteiger partial charge in [-0.3, -0.25) is 4.99 Å². The molecule has 0 radical (unpaired) electrons. The van der Waals surface area contributed by atoms with E-state index in [0.717, 1.165) is 45.8 Å². The van der Waals surface area contributed by atoms with Gasteiger partial charge in [0.2, 0.25) is 0 Å². The number of ether oxygens (including phenoxy) is 2. The van der Waals surface area contributed by atoms with E-state index in [-0.39, 0.29) is 30.5 Å². The minimum absolute atomic E-state index is 0. The molecule has 0 bridgehead atoms. The number of nitrogens with one attached hydrogen (secondary N) is 2. The standard InChI is InChI=1S/C16H33N3O4S.HI/c1-5-17-15(19-13-16(2,3)24(4,20)21)18-8-6-9-22-11-14-7-10-23-12-14;/h14H,5-13H2,1-4H3,(H2,17,18,19);1H. The summed E-state index contributed by atoms with van der Waals surface area (Å²) in [6.45, 7) is 10.1. The van der Waals surface area contributed by atoms with E-state index in [1.54, 1.807) is 13.8 Å². The fraction of sp³-hybridized carbons (Fsp3) is 0.938. The molecular weight excluding hydrogens is 457 g/mol. The van der Waals surface area contributed by atoms with Crippen LogP contribution in [0.4, 0.5) is 0 Å². The molecule has 7 nitrogen and oxygen atoms in total. The highest BCUT2D eigenvalue weighted by Crippen LogP contribution is 2.15. The molecule has 0 amide bonds. The zero-order valence-electron chi connectivity index (χ0n) is 15.8. The average molecular weight is 491 g/mol. The number of nitrogens with zero attached hydrogens (tertiary/aromatic N) is 1. The second-order valence-corrected chi connectivity index (χ2v) is 9.46. The number of aliphatic imine (C=N–C) groups is 1. The summed E-state index contributed by atoms with van der Waals surface area (Å²) in [4.78, 5) is 4.39. The maximum Gasteiger partial charge on any atom is 0.191 e. The van der Waals surface area contributed by atoms with Crippen LogP contribution in [0.5, 0.6) is 0 Å². The fourth-order valence-corrected chi connectivity index (χ4v) is 2.37. The van der Waals surface area contributed by atoms with E-state index < -0.39 is 14.6 Å². The van der Waals surface area contributed by atoms with Crippen molar-refractivity contribution in [1.29, 1.82) is 0 Å². The smallest absolute Gasteiger partial charge is 0.191 e. The molecular formula is C16H34IN3O4S. The number of hydrogen-bond donors (Lipinski definition) is 2. The molecule has 0 aromatic heterocycles. The molecule has 0 saturated carbocycles. The first-order valence-electron chi connectivity index (χ1n) is 8.63.